The molecule has 0 saturated carbocycles. The average molecular weight is 447 g/mol. The third-order valence-corrected chi connectivity index (χ3v) is 8.08. The molecular formula is C28H38N4O. The first kappa shape index (κ1) is 22.4. The van der Waals surface area contributed by atoms with Crippen molar-refractivity contribution in [1.29, 1.82) is 0 Å². The molecule has 3 aliphatic rings. The van der Waals surface area contributed by atoms with Crippen LogP contribution >= 0.6 is 0 Å². The Labute approximate surface area is 199 Å². The number of amides is 1. The lowest BCUT2D eigenvalue weighted by molar-refractivity contribution is 0.0572. The van der Waals surface area contributed by atoms with Crippen LogP contribution in [0.4, 0.5) is 5.69 Å². The highest BCUT2D eigenvalue weighted by Crippen LogP contribution is 2.42. The zero-order chi connectivity index (χ0) is 22.8. The fourth-order valence-electron chi connectivity index (χ4n) is 6.05. The maximum absolute atomic E-state index is 13.6. The molecular weight excluding hydrogens is 408 g/mol. The van der Waals surface area contributed by atoms with Crippen molar-refractivity contribution in [2.24, 2.45) is 0 Å². The summed E-state index contributed by atoms with van der Waals surface area (Å²) in [5.41, 5.74) is 4.74. The van der Waals surface area contributed by atoms with E-state index in [9.17, 15) is 4.79 Å². The number of carbonyl (C=O) groups excluding carboxylic acids is 1. The zero-order valence-corrected chi connectivity index (χ0v) is 20.3. The van der Waals surface area contributed by atoms with Gasteiger partial charge < -0.3 is 19.6 Å². The summed E-state index contributed by atoms with van der Waals surface area (Å²) in [6.45, 7) is 8.72. The van der Waals surface area contributed by atoms with Crippen molar-refractivity contribution < 1.29 is 4.79 Å². The van der Waals surface area contributed by atoms with Gasteiger partial charge in [-0.15, -0.1) is 0 Å². The van der Waals surface area contributed by atoms with Gasteiger partial charge >= 0.3 is 0 Å². The molecule has 0 radical (unpaired) electrons. The molecule has 5 heteroatoms. The van der Waals surface area contributed by atoms with Gasteiger partial charge in [-0.25, -0.2) is 0 Å². The summed E-state index contributed by atoms with van der Waals surface area (Å²) in [4.78, 5) is 23.0. The van der Waals surface area contributed by atoms with Gasteiger partial charge in [-0.05, 0) is 81.2 Å². The molecule has 1 amide bonds. The second kappa shape index (κ2) is 9.47. The molecule has 2 aromatic carbocycles. The van der Waals surface area contributed by atoms with Crippen LogP contribution in [0, 0.1) is 0 Å². The fourth-order valence-corrected chi connectivity index (χ4v) is 6.05. The second-order valence-corrected chi connectivity index (χ2v) is 10.4. The molecule has 0 unspecified atom stereocenters. The molecule has 3 heterocycles. The minimum atomic E-state index is 0.0772. The van der Waals surface area contributed by atoms with E-state index in [4.69, 9.17) is 0 Å². The van der Waals surface area contributed by atoms with Gasteiger partial charge in [-0.1, -0.05) is 30.3 Å². The highest BCUT2D eigenvalue weighted by molar-refractivity contribution is 5.95. The van der Waals surface area contributed by atoms with Crippen LogP contribution < -0.4 is 4.90 Å². The van der Waals surface area contributed by atoms with Gasteiger partial charge in [0.15, 0.2) is 0 Å². The van der Waals surface area contributed by atoms with Crippen LogP contribution in [0.2, 0.25) is 0 Å². The summed E-state index contributed by atoms with van der Waals surface area (Å²) in [5, 5.41) is 0. The molecule has 0 aliphatic carbocycles. The summed E-state index contributed by atoms with van der Waals surface area (Å²) >= 11 is 0. The molecule has 33 heavy (non-hydrogen) atoms. The first-order valence-electron chi connectivity index (χ1n) is 12.6. The summed E-state index contributed by atoms with van der Waals surface area (Å²) in [5.74, 6) is 0.157. The average Bonchev–Trinajstić information content (AvgIpc) is 3.37. The Bertz CT molecular complexity index is 973. The molecule has 3 aliphatic heterocycles. The predicted octanol–water partition coefficient (Wildman–Crippen LogP) is 3.84. The number of anilines is 1. The van der Waals surface area contributed by atoms with Gasteiger partial charge in [0, 0.05) is 56.9 Å². The number of carbonyl (C=O) groups is 1. The summed E-state index contributed by atoms with van der Waals surface area (Å²) in [6.07, 6.45) is 4.99. The van der Waals surface area contributed by atoms with Gasteiger partial charge in [0.2, 0.25) is 0 Å². The maximum Gasteiger partial charge on any atom is 0.254 e. The molecule has 0 aromatic heterocycles. The predicted molar refractivity (Wildman–Crippen MR) is 135 cm³/mol. The largest absolute Gasteiger partial charge is 0.378 e. The lowest BCUT2D eigenvalue weighted by Crippen LogP contribution is -2.53. The van der Waals surface area contributed by atoms with Gasteiger partial charge in [0.25, 0.3) is 5.91 Å². The van der Waals surface area contributed by atoms with Crippen LogP contribution in [0.3, 0.4) is 0 Å². The number of rotatable bonds is 5. The van der Waals surface area contributed by atoms with Crippen molar-refractivity contribution in [1.82, 2.24) is 14.7 Å². The van der Waals surface area contributed by atoms with Crippen molar-refractivity contribution in [3.8, 4) is 0 Å². The lowest BCUT2D eigenvalue weighted by atomic mass is 9.68. The van der Waals surface area contributed by atoms with Crippen LogP contribution in [-0.4, -0.2) is 80.5 Å². The molecule has 0 atom stereocenters. The molecule has 5 nitrogen and oxygen atoms in total. The Morgan fingerprint density at radius 3 is 2.33 bits per heavy atom. The van der Waals surface area contributed by atoms with Crippen LogP contribution in [-0.2, 0) is 12.0 Å². The Morgan fingerprint density at radius 2 is 1.61 bits per heavy atom. The number of likely N-dealkylation sites (tertiary alicyclic amines) is 2. The van der Waals surface area contributed by atoms with Crippen LogP contribution in [0.25, 0.3) is 0 Å². The topological polar surface area (TPSA) is 30.0 Å². The van der Waals surface area contributed by atoms with E-state index in [-0.39, 0.29) is 11.3 Å². The van der Waals surface area contributed by atoms with Crippen molar-refractivity contribution in [3.05, 3.63) is 65.2 Å². The van der Waals surface area contributed by atoms with Crippen molar-refractivity contribution >= 4 is 11.6 Å². The first-order chi connectivity index (χ1) is 16.0. The van der Waals surface area contributed by atoms with Crippen molar-refractivity contribution in [2.75, 3.05) is 64.8 Å². The van der Waals surface area contributed by atoms with E-state index in [2.05, 4.69) is 49.9 Å². The molecule has 176 valence electrons. The van der Waals surface area contributed by atoms with E-state index in [1.165, 1.54) is 50.1 Å². The highest BCUT2D eigenvalue weighted by Gasteiger charge is 2.43. The Kier molecular flexibility index (Phi) is 6.44. The summed E-state index contributed by atoms with van der Waals surface area (Å²) < 4.78 is 0. The smallest absolute Gasteiger partial charge is 0.254 e. The fraction of sp³-hybridized carbons (Fsp3) is 0.536. The standard InChI is InChI=1S/C28H38N4O/c1-29(2)25-10-7-9-23(20-25)27(33)32-21-24-8-3-4-11-26(24)28(22-32)12-16-31(17-13-28)19-18-30-14-5-6-15-30/h3-4,7-11,20H,5-6,12-19,21-22H2,1-2H3. The highest BCUT2D eigenvalue weighted by atomic mass is 16.2. The van der Waals surface area contributed by atoms with Gasteiger partial charge in [0.1, 0.15) is 0 Å². The monoisotopic (exact) mass is 446 g/mol. The normalized spacial score (nSPS) is 20.7. The molecule has 5 rings (SSSR count). The summed E-state index contributed by atoms with van der Waals surface area (Å²) in [7, 11) is 4.04. The van der Waals surface area contributed by atoms with E-state index in [1.54, 1.807) is 0 Å². The van der Waals surface area contributed by atoms with E-state index in [0.717, 1.165) is 43.7 Å². The molecule has 0 bridgehead atoms. The molecule has 2 saturated heterocycles. The first-order valence-corrected chi connectivity index (χ1v) is 12.6. The van der Waals surface area contributed by atoms with E-state index >= 15 is 0 Å². The Morgan fingerprint density at radius 1 is 0.909 bits per heavy atom. The second-order valence-electron chi connectivity index (χ2n) is 10.4. The Balaban J connectivity index is 1.32. The number of hydrogen-bond acceptors (Lipinski definition) is 4. The number of piperidine rings is 1. The summed E-state index contributed by atoms with van der Waals surface area (Å²) in [6, 6.07) is 16.9. The van der Waals surface area contributed by atoms with Crippen LogP contribution in [0.5, 0.6) is 0 Å². The minimum Gasteiger partial charge on any atom is -0.378 e. The Hall–Kier alpha value is -2.37. The van der Waals surface area contributed by atoms with Crippen LogP contribution in [0.1, 0.15) is 47.2 Å². The quantitative estimate of drug-likeness (QED) is 0.698. The molecule has 2 fully saturated rings. The van der Waals surface area contributed by atoms with Crippen molar-refractivity contribution in [3.63, 3.8) is 0 Å². The van der Waals surface area contributed by atoms with E-state index in [1.807, 2.05) is 32.3 Å². The lowest BCUT2D eigenvalue weighted by Gasteiger charge is -2.49. The molecule has 0 N–H and O–H groups in total. The van der Waals surface area contributed by atoms with Gasteiger partial charge in [0.05, 0.1) is 0 Å². The number of benzene rings is 2. The molecule has 2 aromatic rings. The van der Waals surface area contributed by atoms with E-state index < -0.39 is 0 Å². The van der Waals surface area contributed by atoms with Crippen LogP contribution in [0.15, 0.2) is 48.5 Å². The zero-order valence-electron chi connectivity index (χ0n) is 20.3. The van der Waals surface area contributed by atoms with Gasteiger partial charge in [-0.3, -0.25) is 4.79 Å². The maximum atomic E-state index is 13.6. The number of fused-ring (bicyclic) bond motifs is 2. The number of nitrogens with zero attached hydrogens (tertiary/aromatic N) is 4. The SMILES string of the molecule is CN(C)c1cccc(C(=O)N2Cc3ccccc3C3(CCN(CCN4CCCC4)CC3)C2)c1. The van der Waals surface area contributed by atoms with E-state index in [0.29, 0.717) is 6.54 Å². The molecule has 1 spiro atoms. The number of hydrogen-bond donors (Lipinski definition) is 0. The van der Waals surface area contributed by atoms with Gasteiger partial charge in [-0.2, -0.15) is 0 Å². The third kappa shape index (κ3) is 4.67. The third-order valence-electron chi connectivity index (χ3n) is 8.08. The minimum absolute atomic E-state index is 0.0772. The van der Waals surface area contributed by atoms with Crippen molar-refractivity contribution in [2.45, 2.75) is 37.6 Å².